The van der Waals surface area contributed by atoms with Gasteiger partial charge in [-0.05, 0) is 36.4 Å². The van der Waals surface area contributed by atoms with Crippen LogP contribution in [0.4, 0.5) is 0 Å². The van der Waals surface area contributed by atoms with Crippen LogP contribution >= 0.6 is 43.2 Å². The summed E-state index contributed by atoms with van der Waals surface area (Å²) in [6.45, 7) is 0. The lowest BCUT2D eigenvalue weighted by atomic mass is 10.4. The summed E-state index contributed by atoms with van der Waals surface area (Å²) >= 11 is 6.00. The van der Waals surface area contributed by atoms with Gasteiger partial charge in [-0.3, -0.25) is 0 Å². The highest BCUT2D eigenvalue weighted by atomic mass is 32.2. The first-order valence-electron chi connectivity index (χ1n) is 8.16. The summed E-state index contributed by atoms with van der Waals surface area (Å²) < 4.78 is 0. The van der Waals surface area contributed by atoms with Crippen molar-refractivity contribution in [2.45, 2.75) is 14.7 Å². The van der Waals surface area contributed by atoms with Crippen LogP contribution in [0.15, 0.2) is 106 Å². The van der Waals surface area contributed by atoms with Crippen molar-refractivity contribution in [1.82, 2.24) is 0 Å². The van der Waals surface area contributed by atoms with Crippen molar-refractivity contribution in [2.75, 3.05) is 16.5 Å². The molecule has 0 saturated carbocycles. The van der Waals surface area contributed by atoms with E-state index in [0.29, 0.717) is 0 Å². The maximum Gasteiger partial charge on any atom is 0.0199 e. The van der Waals surface area contributed by atoms with Gasteiger partial charge in [-0.1, -0.05) is 62.5 Å². The first kappa shape index (κ1) is 18.9. The Morgan fingerprint density at radius 3 is 1.00 bits per heavy atom. The molecule has 25 heavy (non-hydrogen) atoms. The number of hydrogen-bond acceptors (Lipinski definition) is 3. The molecule has 3 aromatic rings. The summed E-state index contributed by atoms with van der Waals surface area (Å²) in [6, 6.07) is 32.3. The Morgan fingerprint density at radius 1 is 0.440 bits per heavy atom. The van der Waals surface area contributed by atoms with Gasteiger partial charge in [-0.15, -0.1) is 35.3 Å². The molecule has 0 aromatic heterocycles. The standard InChI is InChI=1S/C21H21PS3/c1-4-10-19(11-5-1)23-16-22(17-24-20-12-6-2-7-13-20)18-25-21-14-8-3-9-15-21/h1-15H,16-18H2. The summed E-state index contributed by atoms with van der Waals surface area (Å²) in [5.41, 5.74) is 3.66. The summed E-state index contributed by atoms with van der Waals surface area (Å²) in [7, 11) is -0.0428. The van der Waals surface area contributed by atoms with Gasteiger partial charge in [0.2, 0.25) is 0 Å². The molecular formula is C21H21PS3. The SMILES string of the molecule is c1ccc(SCP(CSc2ccccc2)CSc2ccccc2)cc1. The number of rotatable bonds is 9. The van der Waals surface area contributed by atoms with Crippen LogP contribution in [0.25, 0.3) is 0 Å². The predicted octanol–water partition coefficient (Wildman–Crippen LogP) is 7.72. The monoisotopic (exact) mass is 400 g/mol. The fraction of sp³-hybridized carbons (Fsp3) is 0.143. The molecule has 0 radical (unpaired) electrons. The minimum Gasteiger partial charge on any atom is -0.121 e. The highest BCUT2D eigenvalue weighted by Crippen LogP contribution is 2.49. The average molecular weight is 401 g/mol. The Morgan fingerprint density at radius 2 is 0.720 bits per heavy atom. The van der Waals surface area contributed by atoms with E-state index >= 15 is 0 Å². The van der Waals surface area contributed by atoms with Crippen molar-refractivity contribution in [3.8, 4) is 0 Å². The second-order valence-electron chi connectivity index (χ2n) is 5.43. The van der Waals surface area contributed by atoms with Gasteiger partial charge in [0.05, 0.1) is 0 Å². The molecule has 0 heterocycles. The lowest BCUT2D eigenvalue weighted by Gasteiger charge is -2.17. The number of thioether (sulfide) groups is 3. The fourth-order valence-electron chi connectivity index (χ4n) is 2.16. The van der Waals surface area contributed by atoms with Gasteiger partial charge in [0, 0.05) is 31.2 Å². The second kappa shape index (κ2) is 11.0. The maximum atomic E-state index is 2.22. The van der Waals surface area contributed by atoms with Gasteiger partial charge >= 0.3 is 0 Å². The summed E-state index contributed by atoms with van der Waals surface area (Å²) in [5.74, 6) is 0. The Bertz CT molecular complexity index is 616. The average Bonchev–Trinajstić information content (AvgIpc) is 2.70. The highest BCUT2D eigenvalue weighted by Gasteiger charge is 2.11. The molecule has 0 fully saturated rings. The Labute approximate surface area is 165 Å². The van der Waals surface area contributed by atoms with Crippen molar-refractivity contribution in [3.05, 3.63) is 91.0 Å². The van der Waals surface area contributed by atoms with E-state index in [4.69, 9.17) is 0 Å². The molecule has 0 aliphatic heterocycles. The zero-order valence-electron chi connectivity index (χ0n) is 14.0. The van der Waals surface area contributed by atoms with Crippen LogP contribution in [0, 0.1) is 0 Å². The Balaban J connectivity index is 1.56. The number of benzene rings is 3. The van der Waals surface area contributed by atoms with Gasteiger partial charge in [-0.25, -0.2) is 0 Å². The highest BCUT2D eigenvalue weighted by molar-refractivity contribution is 8.14. The molecule has 3 rings (SSSR count). The fourth-order valence-corrected chi connectivity index (χ4v) is 10.1. The minimum absolute atomic E-state index is 0.0428. The third-order valence-electron chi connectivity index (χ3n) is 3.47. The van der Waals surface area contributed by atoms with Gasteiger partial charge in [0.1, 0.15) is 0 Å². The molecule has 0 atom stereocenters. The van der Waals surface area contributed by atoms with Crippen molar-refractivity contribution in [3.63, 3.8) is 0 Å². The van der Waals surface area contributed by atoms with Crippen LogP contribution in [0.3, 0.4) is 0 Å². The quantitative estimate of drug-likeness (QED) is 0.266. The zero-order valence-corrected chi connectivity index (χ0v) is 17.3. The molecule has 128 valence electrons. The molecule has 0 saturated heterocycles. The van der Waals surface area contributed by atoms with Crippen LogP contribution < -0.4 is 0 Å². The molecule has 0 unspecified atom stereocenters. The first-order valence-corrected chi connectivity index (χ1v) is 13.0. The molecule has 0 aliphatic rings. The largest absolute Gasteiger partial charge is 0.121 e. The normalized spacial score (nSPS) is 10.9. The molecular weight excluding hydrogens is 379 g/mol. The molecule has 3 aromatic carbocycles. The van der Waals surface area contributed by atoms with Gasteiger partial charge < -0.3 is 0 Å². The predicted molar refractivity (Wildman–Crippen MR) is 118 cm³/mol. The lowest BCUT2D eigenvalue weighted by molar-refractivity contribution is 1.46. The van der Waals surface area contributed by atoms with Crippen molar-refractivity contribution < 1.29 is 0 Å². The van der Waals surface area contributed by atoms with Crippen LogP contribution in [-0.2, 0) is 0 Å². The van der Waals surface area contributed by atoms with E-state index in [1.54, 1.807) is 0 Å². The smallest absolute Gasteiger partial charge is 0.0199 e. The van der Waals surface area contributed by atoms with Crippen molar-refractivity contribution in [2.24, 2.45) is 0 Å². The van der Waals surface area contributed by atoms with E-state index in [9.17, 15) is 0 Å². The zero-order chi connectivity index (χ0) is 17.2. The third kappa shape index (κ3) is 7.11. The van der Waals surface area contributed by atoms with E-state index < -0.39 is 0 Å². The van der Waals surface area contributed by atoms with E-state index in [2.05, 4.69) is 91.0 Å². The summed E-state index contributed by atoms with van der Waals surface area (Å²) in [4.78, 5) is 4.14. The molecule has 4 heteroatoms. The second-order valence-corrected chi connectivity index (χ2v) is 12.2. The van der Waals surface area contributed by atoms with Crippen LogP contribution in [0.2, 0.25) is 0 Å². The molecule has 0 spiro atoms. The van der Waals surface area contributed by atoms with Crippen LogP contribution in [-0.4, -0.2) is 16.5 Å². The molecule has 0 bridgehead atoms. The lowest BCUT2D eigenvalue weighted by Crippen LogP contribution is -1.88. The van der Waals surface area contributed by atoms with Crippen molar-refractivity contribution in [1.29, 1.82) is 0 Å². The van der Waals surface area contributed by atoms with E-state index in [1.807, 2.05) is 35.3 Å². The van der Waals surface area contributed by atoms with Gasteiger partial charge in [-0.2, -0.15) is 0 Å². The van der Waals surface area contributed by atoms with Crippen LogP contribution in [0.5, 0.6) is 0 Å². The van der Waals surface area contributed by atoms with E-state index in [-0.39, 0.29) is 7.92 Å². The summed E-state index contributed by atoms with van der Waals surface area (Å²) in [5, 5.41) is 0. The topological polar surface area (TPSA) is 0 Å². The molecule has 0 amide bonds. The molecule has 0 aliphatic carbocycles. The van der Waals surface area contributed by atoms with Crippen molar-refractivity contribution >= 4 is 43.2 Å². The molecule has 0 N–H and O–H groups in total. The van der Waals surface area contributed by atoms with E-state index in [0.717, 1.165) is 0 Å². The minimum atomic E-state index is -0.0428. The van der Waals surface area contributed by atoms with E-state index in [1.165, 1.54) is 31.2 Å². The maximum absolute atomic E-state index is 2.22. The summed E-state index contributed by atoms with van der Waals surface area (Å²) in [6.07, 6.45) is 0. The third-order valence-corrected chi connectivity index (χ3v) is 11.2. The Kier molecular flexibility index (Phi) is 8.31. The van der Waals surface area contributed by atoms with Gasteiger partial charge in [0.25, 0.3) is 0 Å². The Hall–Kier alpha value is -0.860. The first-order chi connectivity index (χ1) is 12.4. The van der Waals surface area contributed by atoms with Gasteiger partial charge in [0.15, 0.2) is 0 Å². The number of hydrogen-bond donors (Lipinski definition) is 0. The van der Waals surface area contributed by atoms with Crippen LogP contribution in [0.1, 0.15) is 0 Å². The molecule has 0 nitrogen and oxygen atoms in total.